The van der Waals surface area contributed by atoms with E-state index in [0.717, 1.165) is 29.9 Å². The smallest absolute Gasteiger partial charge is 0.116 e. The highest BCUT2D eigenvalue weighted by atomic mass is 16.3. The third-order valence-corrected chi connectivity index (χ3v) is 4.99. The minimum atomic E-state index is -0.0267. The summed E-state index contributed by atoms with van der Waals surface area (Å²) < 4.78 is 0. The van der Waals surface area contributed by atoms with Crippen molar-refractivity contribution < 1.29 is 10.2 Å². The first-order valence-electron chi connectivity index (χ1n) is 7.67. The molecular formula is C18H30O2. The minimum absolute atomic E-state index is 0.0267. The quantitative estimate of drug-likeness (QED) is 0.740. The lowest BCUT2D eigenvalue weighted by Gasteiger charge is -2.34. The summed E-state index contributed by atoms with van der Waals surface area (Å²) in [6.07, 6.45) is 1.98. The monoisotopic (exact) mass is 278 g/mol. The van der Waals surface area contributed by atoms with Crippen molar-refractivity contribution in [1.82, 2.24) is 0 Å². The number of phenolic OH excluding ortho intramolecular Hbond substituents is 1. The number of aromatic hydroxyl groups is 1. The zero-order valence-corrected chi connectivity index (χ0v) is 13.8. The summed E-state index contributed by atoms with van der Waals surface area (Å²) in [6, 6.07) is 3.56. The second-order valence-corrected chi connectivity index (χ2v) is 6.64. The number of phenols is 1. The number of hydrogen-bond acceptors (Lipinski definition) is 2. The van der Waals surface area contributed by atoms with Gasteiger partial charge in [-0.1, -0.05) is 20.8 Å². The van der Waals surface area contributed by atoms with Gasteiger partial charge in [-0.2, -0.15) is 0 Å². The maximum absolute atomic E-state index is 9.37. The molecule has 2 nitrogen and oxygen atoms in total. The van der Waals surface area contributed by atoms with Crippen LogP contribution < -0.4 is 0 Å². The molecule has 0 radical (unpaired) electrons. The normalized spacial score (nSPS) is 29.6. The minimum Gasteiger partial charge on any atom is -0.508 e. The summed E-state index contributed by atoms with van der Waals surface area (Å²) in [5.74, 6) is 2.57. The third kappa shape index (κ3) is 4.52. The molecule has 20 heavy (non-hydrogen) atoms. The lowest BCUT2D eigenvalue weighted by molar-refractivity contribution is 0.0467. The Labute approximate surface area is 123 Å². The van der Waals surface area contributed by atoms with Crippen molar-refractivity contribution in [3.63, 3.8) is 0 Å². The molecule has 0 aliphatic heterocycles. The largest absolute Gasteiger partial charge is 0.508 e. The molecule has 2 atom stereocenters. The second kappa shape index (κ2) is 7.12. The first-order chi connectivity index (χ1) is 9.22. The molecular weight excluding hydrogens is 248 g/mol. The summed E-state index contributed by atoms with van der Waals surface area (Å²) >= 11 is 0. The zero-order valence-electron chi connectivity index (χ0n) is 13.8. The van der Waals surface area contributed by atoms with Gasteiger partial charge in [-0.05, 0) is 80.2 Å². The molecule has 2 rings (SSSR count). The van der Waals surface area contributed by atoms with E-state index in [-0.39, 0.29) is 6.10 Å². The molecule has 2 unspecified atom stereocenters. The predicted molar refractivity (Wildman–Crippen MR) is 85.1 cm³/mol. The molecule has 1 aliphatic rings. The van der Waals surface area contributed by atoms with Crippen molar-refractivity contribution in [3.8, 4) is 5.75 Å². The molecule has 0 saturated heterocycles. The third-order valence-electron chi connectivity index (χ3n) is 4.99. The Kier molecular flexibility index (Phi) is 6.07. The van der Waals surface area contributed by atoms with E-state index in [1.54, 1.807) is 12.1 Å². The number of hydrogen-bond donors (Lipinski definition) is 2. The van der Waals surface area contributed by atoms with Crippen LogP contribution in [0.1, 0.15) is 50.3 Å². The highest BCUT2D eigenvalue weighted by Gasteiger charge is 2.28. The van der Waals surface area contributed by atoms with Gasteiger partial charge in [-0.25, -0.2) is 0 Å². The van der Waals surface area contributed by atoms with Gasteiger partial charge in [0.15, 0.2) is 0 Å². The maximum atomic E-state index is 9.37. The van der Waals surface area contributed by atoms with Gasteiger partial charge in [0.25, 0.3) is 0 Å². The number of rotatable bonds is 0. The van der Waals surface area contributed by atoms with Gasteiger partial charge >= 0.3 is 0 Å². The van der Waals surface area contributed by atoms with Crippen molar-refractivity contribution >= 4 is 0 Å². The van der Waals surface area contributed by atoms with E-state index in [1.807, 2.05) is 13.8 Å². The summed E-state index contributed by atoms with van der Waals surface area (Å²) in [6.45, 7) is 12.8. The molecule has 2 heteroatoms. The topological polar surface area (TPSA) is 40.5 Å². The van der Waals surface area contributed by atoms with E-state index in [1.165, 1.54) is 5.56 Å². The van der Waals surface area contributed by atoms with Gasteiger partial charge in [0.2, 0.25) is 0 Å². The molecule has 1 saturated carbocycles. The van der Waals surface area contributed by atoms with Crippen molar-refractivity contribution in [1.29, 1.82) is 0 Å². The molecule has 2 N–H and O–H groups in total. The average molecular weight is 278 g/mol. The van der Waals surface area contributed by atoms with Gasteiger partial charge in [-0.3, -0.25) is 0 Å². The van der Waals surface area contributed by atoms with Crippen molar-refractivity contribution in [2.75, 3.05) is 0 Å². The SMILES string of the molecule is CC1CC(O)CC(C)C1C.Cc1cc(O)cc(C)c1C. The number of aryl methyl sites for hydroxylation is 2. The maximum Gasteiger partial charge on any atom is 0.116 e. The Balaban J connectivity index is 0.000000200. The summed E-state index contributed by atoms with van der Waals surface area (Å²) in [7, 11) is 0. The van der Waals surface area contributed by atoms with Crippen LogP contribution in [0.3, 0.4) is 0 Å². The van der Waals surface area contributed by atoms with Gasteiger partial charge < -0.3 is 10.2 Å². The van der Waals surface area contributed by atoms with Crippen LogP contribution >= 0.6 is 0 Å². The number of aliphatic hydroxyl groups is 1. The number of benzene rings is 1. The predicted octanol–water partition coefficient (Wildman–Crippen LogP) is 4.37. The first kappa shape index (κ1) is 17.0. The highest BCUT2D eigenvalue weighted by molar-refractivity contribution is 5.39. The fourth-order valence-electron chi connectivity index (χ4n) is 2.96. The zero-order chi connectivity index (χ0) is 15.4. The standard InChI is InChI=1S/C9H18O.C9H12O/c2*1-6-4-9(10)5-7(2)8(6)3/h6-10H,4-5H2,1-3H3;4-5,10H,1-3H3. The fourth-order valence-corrected chi connectivity index (χ4v) is 2.96. The molecule has 0 amide bonds. The molecule has 0 bridgehead atoms. The van der Waals surface area contributed by atoms with Crippen LogP contribution in [0.5, 0.6) is 5.75 Å². The van der Waals surface area contributed by atoms with Crippen LogP contribution in [0.25, 0.3) is 0 Å². The Morgan fingerprint density at radius 2 is 1.30 bits per heavy atom. The lowest BCUT2D eigenvalue weighted by Crippen LogP contribution is -2.30. The van der Waals surface area contributed by atoms with Crippen LogP contribution in [0, 0.1) is 38.5 Å². The summed E-state index contributed by atoms with van der Waals surface area (Å²) in [4.78, 5) is 0. The van der Waals surface area contributed by atoms with Crippen LogP contribution in [0.2, 0.25) is 0 Å². The van der Waals surface area contributed by atoms with E-state index < -0.39 is 0 Å². The van der Waals surface area contributed by atoms with E-state index in [9.17, 15) is 5.11 Å². The summed E-state index contributed by atoms with van der Waals surface area (Å²) in [5, 5.41) is 18.5. The molecule has 1 aliphatic carbocycles. The van der Waals surface area contributed by atoms with Crippen molar-refractivity contribution in [3.05, 3.63) is 28.8 Å². The van der Waals surface area contributed by atoms with Gasteiger partial charge in [0.1, 0.15) is 5.75 Å². The lowest BCUT2D eigenvalue weighted by atomic mass is 9.73. The summed E-state index contributed by atoms with van der Waals surface area (Å²) in [5.41, 5.74) is 3.56. The second-order valence-electron chi connectivity index (χ2n) is 6.64. The van der Waals surface area contributed by atoms with E-state index in [0.29, 0.717) is 17.6 Å². The molecule has 1 aromatic carbocycles. The molecule has 1 fully saturated rings. The van der Waals surface area contributed by atoms with Crippen molar-refractivity contribution in [2.45, 2.75) is 60.5 Å². The fraction of sp³-hybridized carbons (Fsp3) is 0.667. The molecule has 0 aromatic heterocycles. The molecule has 0 heterocycles. The Morgan fingerprint density at radius 1 is 0.900 bits per heavy atom. The van der Waals surface area contributed by atoms with Gasteiger partial charge in [0, 0.05) is 0 Å². The molecule has 1 aromatic rings. The highest BCUT2D eigenvalue weighted by Crippen LogP contribution is 2.33. The van der Waals surface area contributed by atoms with Gasteiger partial charge in [0.05, 0.1) is 6.10 Å². The molecule has 0 spiro atoms. The van der Waals surface area contributed by atoms with E-state index in [4.69, 9.17) is 5.11 Å². The molecule has 114 valence electrons. The van der Waals surface area contributed by atoms with Crippen LogP contribution in [0.4, 0.5) is 0 Å². The van der Waals surface area contributed by atoms with Gasteiger partial charge in [-0.15, -0.1) is 0 Å². The number of aliphatic hydroxyl groups excluding tert-OH is 1. The van der Waals surface area contributed by atoms with Crippen LogP contribution in [-0.2, 0) is 0 Å². The van der Waals surface area contributed by atoms with E-state index >= 15 is 0 Å². The Hall–Kier alpha value is -1.02. The van der Waals surface area contributed by atoms with Crippen LogP contribution in [-0.4, -0.2) is 16.3 Å². The first-order valence-corrected chi connectivity index (χ1v) is 7.67. The van der Waals surface area contributed by atoms with Crippen molar-refractivity contribution in [2.24, 2.45) is 17.8 Å². The average Bonchev–Trinajstić information content (AvgIpc) is 2.33. The van der Waals surface area contributed by atoms with Crippen LogP contribution in [0.15, 0.2) is 12.1 Å². The Bertz CT molecular complexity index is 404. The Morgan fingerprint density at radius 3 is 1.70 bits per heavy atom. The van der Waals surface area contributed by atoms with E-state index in [2.05, 4.69) is 27.7 Å².